The molecule has 1 aromatic heterocycles. The molecule has 160 valence electrons. The van der Waals surface area contributed by atoms with Crippen LogP contribution in [-0.4, -0.2) is 66.9 Å². The van der Waals surface area contributed by atoms with Crippen molar-refractivity contribution in [3.05, 3.63) is 48.2 Å². The second kappa shape index (κ2) is 10.6. The van der Waals surface area contributed by atoms with Crippen molar-refractivity contribution in [2.75, 3.05) is 40.0 Å². The highest BCUT2D eigenvalue weighted by Gasteiger charge is 2.22. The minimum atomic E-state index is -0.853. The Morgan fingerprint density at radius 1 is 1.17 bits per heavy atom. The Morgan fingerprint density at radius 3 is 2.50 bits per heavy atom. The number of ether oxygens (including phenoxy) is 2. The Bertz CT molecular complexity index is 831. The molecule has 2 aromatic rings. The van der Waals surface area contributed by atoms with Crippen molar-refractivity contribution in [1.82, 2.24) is 15.2 Å². The lowest BCUT2D eigenvalue weighted by Gasteiger charge is -2.29. The summed E-state index contributed by atoms with van der Waals surface area (Å²) in [5.74, 6) is 0.904. The van der Waals surface area contributed by atoms with Gasteiger partial charge in [0.2, 0.25) is 0 Å². The predicted octanol–water partition coefficient (Wildman–Crippen LogP) is 2.89. The molecule has 1 aliphatic heterocycles. The Morgan fingerprint density at radius 2 is 1.90 bits per heavy atom. The van der Waals surface area contributed by atoms with E-state index < -0.39 is 6.09 Å². The number of aromatic nitrogens is 1. The Balaban J connectivity index is 1.49. The van der Waals surface area contributed by atoms with Gasteiger partial charge in [-0.25, -0.2) is 4.79 Å². The van der Waals surface area contributed by atoms with E-state index >= 15 is 0 Å². The maximum Gasteiger partial charge on any atom is 0.407 e. The normalized spacial score (nSPS) is 14.4. The third kappa shape index (κ3) is 5.93. The molecule has 8 heteroatoms. The van der Waals surface area contributed by atoms with E-state index in [1.807, 2.05) is 24.3 Å². The Hall–Kier alpha value is -3.13. The lowest BCUT2D eigenvalue weighted by Crippen LogP contribution is -2.38. The summed E-state index contributed by atoms with van der Waals surface area (Å²) in [7, 11) is 1.59. The van der Waals surface area contributed by atoms with Crippen LogP contribution >= 0.6 is 0 Å². The number of carbonyl (C=O) groups is 2. The first-order valence-electron chi connectivity index (χ1n) is 10.0. The maximum atomic E-state index is 12.0. The number of carboxylic acid groups (broad SMARTS) is 1. The molecular formula is C22H27N3O5. The molecule has 1 fully saturated rings. The van der Waals surface area contributed by atoms with Crippen LogP contribution in [0.3, 0.4) is 0 Å². The standard InChI is InChI=1S/C22H27N3O5/c1-29-13-10-23-21(26)18-4-2-17(3-5-18)20-7-6-19(14-24-20)30-15-16-8-11-25(12-9-16)22(27)28/h2-7,14,16H,8-13,15H2,1H3,(H,23,26)(H,27,28). The van der Waals surface area contributed by atoms with Crippen molar-refractivity contribution < 1.29 is 24.2 Å². The first-order chi connectivity index (χ1) is 14.6. The first kappa shape index (κ1) is 21.6. The van der Waals surface area contributed by atoms with Gasteiger partial charge >= 0.3 is 6.09 Å². The number of nitrogens with one attached hydrogen (secondary N) is 1. The summed E-state index contributed by atoms with van der Waals surface area (Å²) in [6.07, 6.45) is 2.45. The van der Waals surface area contributed by atoms with Gasteiger partial charge in [0, 0.05) is 37.9 Å². The van der Waals surface area contributed by atoms with Gasteiger partial charge < -0.3 is 24.8 Å². The molecule has 0 atom stereocenters. The van der Waals surface area contributed by atoms with Gasteiger partial charge in [-0.15, -0.1) is 0 Å². The average Bonchev–Trinajstić information content (AvgIpc) is 2.78. The van der Waals surface area contributed by atoms with Crippen molar-refractivity contribution in [1.29, 1.82) is 0 Å². The third-order valence-corrected chi connectivity index (χ3v) is 5.14. The number of rotatable bonds is 8. The zero-order valence-corrected chi connectivity index (χ0v) is 17.0. The molecule has 0 saturated carbocycles. The Labute approximate surface area is 175 Å². The van der Waals surface area contributed by atoms with Gasteiger partial charge in [-0.05, 0) is 43.0 Å². The Kier molecular flexibility index (Phi) is 7.62. The van der Waals surface area contributed by atoms with Crippen LogP contribution in [0.25, 0.3) is 11.3 Å². The number of nitrogens with zero attached hydrogens (tertiary/aromatic N) is 2. The van der Waals surface area contributed by atoms with E-state index in [4.69, 9.17) is 14.6 Å². The molecule has 8 nitrogen and oxygen atoms in total. The van der Waals surface area contributed by atoms with Gasteiger partial charge in [-0.1, -0.05) is 12.1 Å². The molecule has 0 aliphatic carbocycles. The fourth-order valence-corrected chi connectivity index (χ4v) is 3.30. The topological polar surface area (TPSA) is 101 Å². The lowest BCUT2D eigenvalue weighted by molar-refractivity contribution is 0.0937. The van der Waals surface area contributed by atoms with E-state index in [1.165, 1.54) is 4.90 Å². The average molecular weight is 413 g/mol. The first-order valence-corrected chi connectivity index (χ1v) is 10.0. The lowest BCUT2D eigenvalue weighted by atomic mass is 9.98. The summed E-state index contributed by atoms with van der Waals surface area (Å²) in [5.41, 5.74) is 2.29. The van der Waals surface area contributed by atoms with Gasteiger partial charge in [0.1, 0.15) is 5.75 Å². The number of piperidine rings is 1. The van der Waals surface area contributed by atoms with E-state index in [-0.39, 0.29) is 5.91 Å². The monoisotopic (exact) mass is 413 g/mol. The second-order valence-corrected chi connectivity index (χ2v) is 7.23. The van der Waals surface area contributed by atoms with Crippen LogP contribution in [0.1, 0.15) is 23.2 Å². The molecule has 1 saturated heterocycles. The van der Waals surface area contributed by atoms with Crippen LogP contribution in [0.2, 0.25) is 0 Å². The van der Waals surface area contributed by atoms with Crippen LogP contribution in [0, 0.1) is 5.92 Å². The number of likely N-dealkylation sites (tertiary alicyclic amines) is 1. The minimum Gasteiger partial charge on any atom is -0.492 e. The molecule has 0 unspecified atom stereocenters. The number of carbonyl (C=O) groups excluding carboxylic acids is 1. The quantitative estimate of drug-likeness (QED) is 0.646. The molecule has 2 N–H and O–H groups in total. The summed E-state index contributed by atoms with van der Waals surface area (Å²) in [5, 5.41) is 11.8. The second-order valence-electron chi connectivity index (χ2n) is 7.23. The van der Waals surface area contributed by atoms with Gasteiger partial charge in [0.25, 0.3) is 5.91 Å². The minimum absolute atomic E-state index is 0.135. The van der Waals surface area contributed by atoms with Crippen LogP contribution < -0.4 is 10.1 Å². The largest absolute Gasteiger partial charge is 0.492 e. The van der Waals surface area contributed by atoms with Crippen LogP contribution in [-0.2, 0) is 4.74 Å². The molecule has 0 radical (unpaired) electrons. The highest BCUT2D eigenvalue weighted by atomic mass is 16.5. The fourth-order valence-electron chi connectivity index (χ4n) is 3.30. The van der Waals surface area contributed by atoms with Gasteiger partial charge in [0.05, 0.1) is 25.1 Å². The van der Waals surface area contributed by atoms with Crippen molar-refractivity contribution in [3.8, 4) is 17.0 Å². The van der Waals surface area contributed by atoms with E-state index in [0.29, 0.717) is 50.1 Å². The van der Waals surface area contributed by atoms with E-state index in [9.17, 15) is 9.59 Å². The summed E-state index contributed by atoms with van der Waals surface area (Å²) in [6.45, 7) is 2.62. The van der Waals surface area contributed by atoms with Gasteiger partial charge in [0.15, 0.2) is 0 Å². The molecule has 1 aliphatic rings. The molecule has 2 amide bonds. The number of hydrogen-bond donors (Lipinski definition) is 2. The smallest absolute Gasteiger partial charge is 0.407 e. The van der Waals surface area contributed by atoms with Crippen LogP contribution in [0.4, 0.5) is 4.79 Å². The number of hydrogen-bond acceptors (Lipinski definition) is 5. The third-order valence-electron chi connectivity index (χ3n) is 5.14. The van der Waals surface area contributed by atoms with E-state index in [1.54, 1.807) is 25.4 Å². The number of pyridine rings is 1. The summed E-state index contributed by atoms with van der Waals surface area (Å²) in [4.78, 5) is 28.9. The van der Waals surface area contributed by atoms with Crippen molar-refractivity contribution >= 4 is 12.0 Å². The molecule has 1 aromatic carbocycles. The molecule has 0 bridgehead atoms. The molecule has 2 heterocycles. The van der Waals surface area contributed by atoms with Crippen molar-refractivity contribution in [2.24, 2.45) is 5.92 Å². The number of amides is 2. The summed E-state index contributed by atoms with van der Waals surface area (Å²) >= 11 is 0. The van der Waals surface area contributed by atoms with Crippen molar-refractivity contribution in [2.45, 2.75) is 12.8 Å². The van der Waals surface area contributed by atoms with E-state index in [2.05, 4.69) is 10.3 Å². The number of benzene rings is 1. The fraction of sp³-hybridized carbons (Fsp3) is 0.409. The highest BCUT2D eigenvalue weighted by Crippen LogP contribution is 2.22. The van der Waals surface area contributed by atoms with Crippen molar-refractivity contribution in [3.63, 3.8) is 0 Å². The molecular weight excluding hydrogens is 386 g/mol. The van der Waals surface area contributed by atoms with Crippen LogP contribution in [0.15, 0.2) is 42.6 Å². The van der Waals surface area contributed by atoms with Gasteiger partial charge in [-0.2, -0.15) is 0 Å². The van der Waals surface area contributed by atoms with Crippen LogP contribution in [0.5, 0.6) is 5.75 Å². The summed E-state index contributed by atoms with van der Waals surface area (Å²) < 4.78 is 10.8. The number of methoxy groups -OCH3 is 1. The predicted molar refractivity (Wildman–Crippen MR) is 112 cm³/mol. The molecule has 0 spiro atoms. The molecule has 30 heavy (non-hydrogen) atoms. The van der Waals surface area contributed by atoms with Gasteiger partial charge in [-0.3, -0.25) is 9.78 Å². The highest BCUT2D eigenvalue weighted by molar-refractivity contribution is 5.94. The zero-order valence-electron chi connectivity index (χ0n) is 17.0. The maximum absolute atomic E-state index is 12.0. The SMILES string of the molecule is COCCNC(=O)c1ccc(-c2ccc(OCC3CCN(C(=O)O)CC3)cn2)cc1. The summed E-state index contributed by atoms with van der Waals surface area (Å²) in [6, 6.07) is 11.0. The zero-order chi connectivity index (χ0) is 21.3. The van der Waals surface area contributed by atoms with E-state index in [0.717, 1.165) is 24.1 Å². The molecule has 3 rings (SSSR count).